The molecule has 1 atom stereocenters. The number of amides is 1. The van der Waals surface area contributed by atoms with Gasteiger partial charge in [0, 0.05) is 12.1 Å². The first kappa shape index (κ1) is 16.0. The van der Waals surface area contributed by atoms with Crippen LogP contribution < -0.4 is 15.8 Å². The van der Waals surface area contributed by atoms with E-state index in [0.717, 1.165) is 16.9 Å². The van der Waals surface area contributed by atoms with Gasteiger partial charge in [0.2, 0.25) is 0 Å². The lowest BCUT2D eigenvalue weighted by Crippen LogP contribution is -2.33. The summed E-state index contributed by atoms with van der Waals surface area (Å²) in [6, 6.07) is 15.1. The van der Waals surface area contributed by atoms with Crippen LogP contribution in [-0.4, -0.2) is 18.6 Å². The molecular weight excluding hydrogens is 276 g/mol. The highest BCUT2D eigenvalue weighted by atomic mass is 16.5. The molecule has 1 amide bonds. The Labute approximate surface area is 131 Å². The Morgan fingerprint density at radius 2 is 1.86 bits per heavy atom. The van der Waals surface area contributed by atoms with E-state index in [2.05, 4.69) is 5.32 Å². The first-order valence-electron chi connectivity index (χ1n) is 7.39. The normalized spacial score (nSPS) is 11.8. The lowest BCUT2D eigenvalue weighted by atomic mass is 10.1. The Hall–Kier alpha value is -2.33. The molecular formula is C18H22N2O2. The number of ether oxygens (including phenoxy) is 1. The van der Waals surface area contributed by atoms with E-state index in [1.165, 1.54) is 0 Å². The van der Waals surface area contributed by atoms with Gasteiger partial charge in [0.25, 0.3) is 5.91 Å². The van der Waals surface area contributed by atoms with E-state index >= 15 is 0 Å². The molecule has 0 radical (unpaired) electrons. The number of benzene rings is 2. The molecule has 0 fully saturated rings. The predicted octanol–water partition coefficient (Wildman–Crippen LogP) is 2.65. The number of nitrogens with two attached hydrogens (primary N) is 1. The fourth-order valence-electron chi connectivity index (χ4n) is 2.08. The summed E-state index contributed by atoms with van der Waals surface area (Å²) in [7, 11) is 0. The number of carbonyl (C=O) groups is 1. The molecule has 0 aromatic heterocycles. The van der Waals surface area contributed by atoms with Gasteiger partial charge in [-0.15, -0.1) is 0 Å². The van der Waals surface area contributed by atoms with Crippen LogP contribution in [0.25, 0.3) is 0 Å². The van der Waals surface area contributed by atoms with Gasteiger partial charge in [-0.2, -0.15) is 0 Å². The minimum Gasteiger partial charge on any atom is -0.489 e. The molecule has 0 aliphatic heterocycles. The minimum atomic E-state index is -0.108. The summed E-state index contributed by atoms with van der Waals surface area (Å²) >= 11 is 0. The Morgan fingerprint density at radius 1 is 1.18 bits per heavy atom. The monoisotopic (exact) mass is 298 g/mol. The van der Waals surface area contributed by atoms with Gasteiger partial charge in [0.15, 0.2) is 0 Å². The Bertz CT molecular complexity index is 623. The van der Waals surface area contributed by atoms with Gasteiger partial charge in [0.1, 0.15) is 11.9 Å². The van der Waals surface area contributed by atoms with Gasteiger partial charge < -0.3 is 15.8 Å². The highest BCUT2D eigenvalue weighted by Crippen LogP contribution is 2.17. The van der Waals surface area contributed by atoms with E-state index in [4.69, 9.17) is 10.5 Å². The number of para-hydroxylation sites is 1. The van der Waals surface area contributed by atoms with E-state index < -0.39 is 0 Å². The molecule has 0 aliphatic rings. The fourth-order valence-corrected chi connectivity index (χ4v) is 2.08. The van der Waals surface area contributed by atoms with Gasteiger partial charge in [0.05, 0.1) is 6.54 Å². The maximum atomic E-state index is 12.1. The minimum absolute atomic E-state index is 0.103. The molecule has 3 N–H and O–H groups in total. The Balaban J connectivity index is 1.86. The Kier molecular flexibility index (Phi) is 5.55. The standard InChI is InChI=1S/C18H22N2O2/c1-13-5-3-4-6-17(13)22-14(2)12-20-18(21)16-9-7-15(11-19)8-10-16/h3-10,14H,11-12,19H2,1-2H3,(H,20,21). The number of rotatable bonds is 6. The summed E-state index contributed by atoms with van der Waals surface area (Å²) in [5, 5.41) is 2.88. The highest BCUT2D eigenvalue weighted by molar-refractivity contribution is 5.94. The third kappa shape index (κ3) is 4.33. The van der Waals surface area contributed by atoms with Crippen molar-refractivity contribution in [2.75, 3.05) is 6.54 Å². The van der Waals surface area contributed by atoms with Crippen LogP contribution in [-0.2, 0) is 6.54 Å². The molecule has 0 saturated carbocycles. The lowest BCUT2D eigenvalue weighted by Gasteiger charge is -2.17. The zero-order valence-corrected chi connectivity index (χ0v) is 13.0. The highest BCUT2D eigenvalue weighted by Gasteiger charge is 2.09. The predicted molar refractivity (Wildman–Crippen MR) is 87.9 cm³/mol. The molecule has 0 aliphatic carbocycles. The number of nitrogens with one attached hydrogen (secondary N) is 1. The molecule has 0 saturated heterocycles. The second-order valence-electron chi connectivity index (χ2n) is 5.31. The van der Waals surface area contributed by atoms with Crippen molar-refractivity contribution in [2.24, 2.45) is 5.73 Å². The van der Waals surface area contributed by atoms with Gasteiger partial charge in [-0.05, 0) is 43.2 Å². The number of hydrogen-bond donors (Lipinski definition) is 2. The summed E-state index contributed by atoms with van der Waals surface area (Å²) in [5.41, 5.74) is 8.26. The molecule has 0 heterocycles. The maximum Gasteiger partial charge on any atom is 0.251 e. The van der Waals surface area contributed by atoms with Gasteiger partial charge >= 0.3 is 0 Å². The fraction of sp³-hybridized carbons (Fsp3) is 0.278. The van der Waals surface area contributed by atoms with Crippen molar-refractivity contribution < 1.29 is 9.53 Å². The van der Waals surface area contributed by atoms with Crippen LogP contribution in [0.2, 0.25) is 0 Å². The summed E-state index contributed by atoms with van der Waals surface area (Å²) in [4.78, 5) is 12.1. The van der Waals surface area contributed by atoms with E-state index in [-0.39, 0.29) is 12.0 Å². The van der Waals surface area contributed by atoms with Crippen LogP contribution in [0.1, 0.15) is 28.4 Å². The summed E-state index contributed by atoms with van der Waals surface area (Å²) in [5.74, 6) is 0.736. The third-order valence-corrected chi connectivity index (χ3v) is 3.42. The van der Waals surface area contributed by atoms with Crippen molar-refractivity contribution in [1.82, 2.24) is 5.32 Å². The van der Waals surface area contributed by atoms with Crippen LogP contribution in [0, 0.1) is 6.92 Å². The van der Waals surface area contributed by atoms with E-state index in [1.54, 1.807) is 12.1 Å². The van der Waals surface area contributed by atoms with Crippen LogP contribution >= 0.6 is 0 Å². The second kappa shape index (κ2) is 7.61. The van der Waals surface area contributed by atoms with E-state index in [9.17, 15) is 4.79 Å². The number of aryl methyl sites for hydroxylation is 1. The maximum absolute atomic E-state index is 12.1. The molecule has 2 aromatic carbocycles. The van der Waals surface area contributed by atoms with Gasteiger partial charge in [-0.25, -0.2) is 0 Å². The van der Waals surface area contributed by atoms with Crippen LogP contribution in [0.15, 0.2) is 48.5 Å². The van der Waals surface area contributed by atoms with Crippen molar-refractivity contribution in [2.45, 2.75) is 26.5 Å². The van der Waals surface area contributed by atoms with Crippen LogP contribution in [0.5, 0.6) is 5.75 Å². The van der Waals surface area contributed by atoms with Crippen molar-refractivity contribution in [1.29, 1.82) is 0 Å². The average molecular weight is 298 g/mol. The third-order valence-electron chi connectivity index (χ3n) is 3.42. The zero-order valence-electron chi connectivity index (χ0n) is 13.0. The quantitative estimate of drug-likeness (QED) is 0.861. The molecule has 22 heavy (non-hydrogen) atoms. The average Bonchev–Trinajstić information content (AvgIpc) is 2.55. The lowest BCUT2D eigenvalue weighted by molar-refractivity contribution is 0.0932. The molecule has 0 bridgehead atoms. The van der Waals surface area contributed by atoms with E-state index in [1.807, 2.05) is 50.2 Å². The first-order valence-corrected chi connectivity index (χ1v) is 7.39. The van der Waals surface area contributed by atoms with Crippen molar-refractivity contribution in [3.05, 3.63) is 65.2 Å². The Morgan fingerprint density at radius 3 is 2.50 bits per heavy atom. The van der Waals surface area contributed by atoms with E-state index in [0.29, 0.717) is 18.7 Å². The SMILES string of the molecule is Cc1ccccc1OC(C)CNC(=O)c1ccc(CN)cc1. The topological polar surface area (TPSA) is 64.3 Å². The van der Waals surface area contributed by atoms with Gasteiger partial charge in [-0.3, -0.25) is 4.79 Å². The summed E-state index contributed by atoms with van der Waals surface area (Å²) < 4.78 is 5.84. The number of hydrogen-bond acceptors (Lipinski definition) is 3. The van der Waals surface area contributed by atoms with Crippen molar-refractivity contribution in [3.8, 4) is 5.75 Å². The molecule has 4 heteroatoms. The molecule has 2 rings (SSSR count). The summed E-state index contributed by atoms with van der Waals surface area (Å²) in [6.07, 6.45) is -0.103. The molecule has 2 aromatic rings. The van der Waals surface area contributed by atoms with Crippen molar-refractivity contribution >= 4 is 5.91 Å². The zero-order chi connectivity index (χ0) is 15.9. The largest absolute Gasteiger partial charge is 0.489 e. The smallest absolute Gasteiger partial charge is 0.251 e. The number of carbonyl (C=O) groups excluding carboxylic acids is 1. The summed E-state index contributed by atoms with van der Waals surface area (Å²) in [6.45, 7) is 4.86. The van der Waals surface area contributed by atoms with Crippen molar-refractivity contribution in [3.63, 3.8) is 0 Å². The first-order chi connectivity index (χ1) is 10.6. The molecule has 1 unspecified atom stereocenters. The van der Waals surface area contributed by atoms with Crippen LogP contribution in [0.4, 0.5) is 0 Å². The second-order valence-corrected chi connectivity index (χ2v) is 5.31. The molecule has 4 nitrogen and oxygen atoms in total. The van der Waals surface area contributed by atoms with Gasteiger partial charge in [-0.1, -0.05) is 30.3 Å². The van der Waals surface area contributed by atoms with Crippen LogP contribution in [0.3, 0.4) is 0 Å². The molecule has 116 valence electrons. The molecule has 0 spiro atoms.